The van der Waals surface area contributed by atoms with Crippen molar-refractivity contribution < 1.29 is 14.2 Å². The van der Waals surface area contributed by atoms with Gasteiger partial charge in [0.1, 0.15) is 23.1 Å². The highest BCUT2D eigenvalue weighted by Gasteiger charge is 2.47. The van der Waals surface area contributed by atoms with Crippen molar-refractivity contribution in [3.8, 4) is 0 Å². The van der Waals surface area contributed by atoms with E-state index in [0.29, 0.717) is 37.6 Å². The predicted molar refractivity (Wildman–Crippen MR) is 161 cm³/mol. The molecular weight excluding hydrogens is 536 g/mol. The Morgan fingerprint density at radius 3 is 1.88 bits per heavy atom. The largest absolute Gasteiger partial charge is 0.382 e. The number of aromatic nitrogens is 4. The molecule has 10 heteroatoms. The molecule has 0 radical (unpaired) electrons. The van der Waals surface area contributed by atoms with Gasteiger partial charge in [0, 0.05) is 0 Å². The molecule has 210 valence electrons. The molecule has 3 heterocycles. The van der Waals surface area contributed by atoms with Crippen molar-refractivity contribution in [2.45, 2.75) is 42.7 Å². The van der Waals surface area contributed by atoms with E-state index >= 15 is 0 Å². The number of benzene rings is 3. The SMILES string of the molecule is Nc1nc(N)c2ncn(C3S[C@H](COCc4ccccc4)[C@@H](OCc4ccccc4)[C@@H]3OCc3ccccc3)c2n1. The number of hydrogen-bond donors (Lipinski definition) is 2. The summed E-state index contributed by atoms with van der Waals surface area (Å²) in [5.74, 6) is 0.344. The second-order valence-corrected chi connectivity index (χ2v) is 11.2. The summed E-state index contributed by atoms with van der Waals surface area (Å²) in [5, 5.41) is -0.245. The van der Waals surface area contributed by atoms with Gasteiger partial charge < -0.3 is 25.7 Å². The first-order valence-electron chi connectivity index (χ1n) is 13.5. The van der Waals surface area contributed by atoms with Crippen LogP contribution >= 0.6 is 11.8 Å². The average Bonchev–Trinajstić information content (AvgIpc) is 3.57. The van der Waals surface area contributed by atoms with Gasteiger partial charge in [-0.1, -0.05) is 91.0 Å². The van der Waals surface area contributed by atoms with E-state index in [-0.39, 0.29) is 34.6 Å². The first-order chi connectivity index (χ1) is 20.2. The molecule has 41 heavy (non-hydrogen) atoms. The summed E-state index contributed by atoms with van der Waals surface area (Å²) in [5.41, 5.74) is 16.5. The van der Waals surface area contributed by atoms with E-state index in [0.717, 1.165) is 16.7 Å². The third-order valence-electron chi connectivity index (χ3n) is 6.99. The second-order valence-electron chi connectivity index (χ2n) is 9.88. The maximum absolute atomic E-state index is 6.67. The van der Waals surface area contributed by atoms with Gasteiger partial charge in [-0.15, -0.1) is 11.8 Å². The number of nitrogens with two attached hydrogens (primary N) is 2. The summed E-state index contributed by atoms with van der Waals surface area (Å²) in [4.78, 5) is 13.1. The molecule has 9 nitrogen and oxygen atoms in total. The fraction of sp³-hybridized carbons (Fsp3) is 0.258. The Kier molecular flexibility index (Phi) is 8.43. The van der Waals surface area contributed by atoms with Crippen LogP contribution in [0.4, 0.5) is 11.8 Å². The second kappa shape index (κ2) is 12.7. The van der Waals surface area contributed by atoms with Gasteiger partial charge in [0.25, 0.3) is 0 Å². The van der Waals surface area contributed by atoms with Crippen LogP contribution in [0.5, 0.6) is 0 Å². The highest BCUT2D eigenvalue weighted by Crippen LogP contribution is 2.47. The standard InChI is InChI=1S/C31H32N6O3S/c32-28-25-29(36-31(33)35-28)37(20-34-25)30-27(40-18-23-14-8-3-9-15-23)26(39-17-22-12-6-2-7-13-22)24(41-30)19-38-16-21-10-4-1-5-11-21/h1-15,20,24,26-27,30H,16-19H2,(H4,32,33,35,36)/t24-,26-,27+,30?/m1/s1. The molecule has 1 aliphatic heterocycles. The van der Waals surface area contributed by atoms with E-state index in [1.54, 1.807) is 18.1 Å². The van der Waals surface area contributed by atoms with E-state index in [4.69, 9.17) is 25.7 Å². The highest BCUT2D eigenvalue weighted by molar-refractivity contribution is 8.00. The molecule has 3 aromatic carbocycles. The average molecular weight is 569 g/mol. The molecule has 4 N–H and O–H groups in total. The zero-order valence-electron chi connectivity index (χ0n) is 22.5. The number of fused-ring (bicyclic) bond motifs is 1. The lowest BCUT2D eigenvalue weighted by atomic mass is 10.1. The normalized spacial score (nSPS) is 20.5. The number of rotatable bonds is 11. The zero-order chi connectivity index (χ0) is 28.0. The van der Waals surface area contributed by atoms with Crippen LogP contribution < -0.4 is 11.5 Å². The number of nitrogen functional groups attached to an aromatic ring is 2. The van der Waals surface area contributed by atoms with Gasteiger partial charge in [-0.3, -0.25) is 4.57 Å². The van der Waals surface area contributed by atoms with E-state index in [1.807, 2.05) is 59.2 Å². The number of anilines is 2. The Labute approximate surface area is 242 Å². The summed E-state index contributed by atoms with van der Waals surface area (Å²) in [6.45, 7) is 1.87. The first kappa shape index (κ1) is 27.2. The number of nitrogens with zero attached hydrogens (tertiary/aromatic N) is 4. The van der Waals surface area contributed by atoms with Crippen LogP contribution in [0.15, 0.2) is 97.3 Å². The van der Waals surface area contributed by atoms with Gasteiger partial charge in [0.2, 0.25) is 5.95 Å². The molecule has 0 bridgehead atoms. The maximum atomic E-state index is 6.67. The van der Waals surface area contributed by atoms with Gasteiger partial charge >= 0.3 is 0 Å². The molecule has 4 atom stereocenters. The predicted octanol–water partition coefficient (Wildman–Crippen LogP) is 4.99. The van der Waals surface area contributed by atoms with Crippen LogP contribution in [0.25, 0.3) is 11.2 Å². The maximum Gasteiger partial charge on any atom is 0.224 e. The van der Waals surface area contributed by atoms with Crippen molar-refractivity contribution in [3.05, 3.63) is 114 Å². The van der Waals surface area contributed by atoms with Gasteiger partial charge in [-0.2, -0.15) is 9.97 Å². The van der Waals surface area contributed by atoms with Crippen LogP contribution in [-0.2, 0) is 34.0 Å². The molecule has 0 spiro atoms. The summed E-state index contributed by atoms with van der Waals surface area (Å²) in [6, 6.07) is 30.4. The van der Waals surface area contributed by atoms with Crippen LogP contribution in [-0.4, -0.2) is 43.6 Å². The topological polar surface area (TPSA) is 123 Å². The number of imidazole rings is 1. The summed E-state index contributed by atoms with van der Waals surface area (Å²) in [7, 11) is 0. The van der Waals surface area contributed by atoms with Gasteiger partial charge in [-0.05, 0) is 16.7 Å². The highest BCUT2D eigenvalue weighted by atomic mass is 32.2. The lowest BCUT2D eigenvalue weighted by molar-refractivity contribution is -0.0913. The molecule has 1 fully saturated rings. The Balaban J connectivity index is 1.31. The fourth-order valence-corrected chi connectivity index (χ4v) is 6.58. The third-order valence-corrected chi connectivity index (χ3v) is 8.52. The molecular formula is C31H32N6O3S. The number of ether oxygens (including phenoxy) is 3. The minimum absolute atomic E-state index is 0.0258. The van der Waals surface area contributed by atoms with Gasteiger partial charge in [0.05, 0.1) is 38.0 Å². The fourth-order valence-electron chi connectivity index (χ4n) is 4.99. The van der Waals surface area contributed by atoms with Crippen molar-refractivity contribution in [2.75, 3.05) is 18.1 Å². The van der Waals surface area contributed by atoms with E-state index in [1.165, 1.54) is 0 Å². The smallest absolute Gasteiger partial charge is 0.224 e. The quantitative estimate of drug-likeness (QED) is 0.227. The van der Waals surface area contributed by atoms with Crippen molar-refractivity contribution in [1.82, 2.24) is 19.5 Å². The molecule has 0 aliphatic carbocycles. The molecule has 5 aromatic rings. The molecule has 6 rings (SSSR count). The van der Waals surface area contributed by atoms with Crippen molar-refractivity contribution in [2.24, 2.45) is 0 Å². The van der Waals surface area contributed by atoms with Crippen LogP contribution in [0.3, 0.4) is 0 Å². The molecule has 2 aromatic heterocycles. The van der Waals surface area contributed by atoms with Gasteiger partial charge in [0.15, 0.2) is 11.5 Å². The Morgan fingerprint density at radius 2 is 1.27 bits per heavy atom. The lowest BCUT2D eigenvalue weighted by Crippen LogP contribution is -2.38. The first-order valence-corrected chi connectivity index (χ1v) is 14.4. The molecule has 1 aliphatic rings. The number of hydrogen-bond acceptors (Lipinski definition) is 9. The number of thioether (sulfide) groups is 1. The minimum atomic E-state index is -0.343. The molecule has 1 saturated heterocycles. The molecule has 0 saturated carbocycles. The summed E-state index contributed by atoms with van der Waals surface area (Å²) in [6.07, 6.45) is 1.11. The van der Waals surface area contributed by atoms with Crippen LogP contribution in [0.2, 0.25) is 0 Å². The minimum Gasteiger partial charge on any atom is -0.382 e. The Bertz CT molecular complexity index is 1550. The third kappa shape index (κ3) is 6.36. The van der Waals surface area contributed by atoms with E-state index < -0.39 is 0 Å². The van der Waals surface area contributed by atoms with Crippen molar-refractivity contribution >= 4 is 34.7 Å². The van der Waals surface area contributed by atoms with Crippen LogP contribution in [0, 0.1) is 0 Å². The van der Waals surface area contributed by atoms with E-state index in [2.05, 4.69) is 51.4 Å². The van der Waals surface area contributed by atoms with Crippen LogP contribution in [0.1, 0.15) is 22.1 Å². The molecule has 0 amide bonds. The Hall–Kier alpha value is -3.96. The van der Waals surface area contributed by atoms with Crippen molar-refractivity contribution in [3.63, 3.8) is 0 Å². The molecule has 1 unspecified atom stereocenters. The lowest BCUT2D eigenvalue weighted by Gasteiger charge is -2.27. The Morgan fingerprint density at radius 1 is 0.707 bits per heavy atom. The van der Waals surface area contributed by atoms with E-state index in [9.17, 15) is 0 Å². The monoisotopic (exact) mass is 568 g/mol. The summed E-state index contributed by atoms with van der Waals surface area (Å²) < 4.78 is 21.5. The van der Waals surface area contributed by atoms with Gasteiger partial charge in [-0.25, -0.2) is 4.98 Å². The zero-order valence-corrected chi connectivity index (χ0v) is 23.3. The summed E-state index contributed by atoms with van der Waals surface area (Å²) >= 11 is 1.72. The van der Waals surface area contributed by atoms with Crippen molar-refractivity contribution in [1.29, 1.82) is 0 Å².